The zero-order valence-corrected chi connectivity index (χ0v) is 24.7. The lowest BCUT2D eigenvalue weighted by Crippen LogP contribution is -2.36. The number of aromatic nitrogens is 3. The molecule has 2 heterocycles. The van der Waals surface area contributed by atoms with E-state index < -0.39 is 5.41 Å². The molecular weight excluding hydrogens is 548 g/mol. The summed E-state index contributed by atoms with van der Waals surface area (Å²) in [6, 6.07) is 54.3. The zero-order chi connectivity index (χ0) is 30.0. The van der Waals surface area contributed by atoms with Crippen LogP contribution in [0.3, 0.4) is 0 Å². The summed E-state index contributed by atoms with van der Waals surface area (Å²) in [7, 11) is 0. The Hall–Kier alpha value is -5.87. The van der Waals surface area contributed by atoms with E-state index in [4.69, 9.17) is 9.97 Å². The van der Waals surface area contributed by atoms with Crippen molar-refractivity contribution >= 4 is 17.1 Å². The third-order valence-corrected chi connectivity index (χ3v) is 9.21. The van der Waals surface area contributed by atoms with Crippen LogP contribution in [-0.4, -0.2) is 15.0 Å². The van der Waals surface area contributed by atoms with E-state index in [1.807, 2.05) is 37.3 Å². The van der Waals surface area contributed by atoms with Crippen LogP contribution < -0.4 is 4.90 Å². The number of anilines is 3. The van der Waals surface area contributed by atoms with Crippen molar-refractivity contribution in [1.29, 1.82) is 0 Å². The van der Waals surface area contributed by atoms with Crippen molar-refractivity contribution in [1.82, 2.24) is 15.0 Å². The molecule has 9 rings (SSSR count). The van der Waals surface area contributed by atoms with Gasteiger partial charge in [-0.05, 0) is 76.7 Å². The van der Waals surface area contributed by atoms with Gasteiger partial charge in [-0.25, -0.2) is 15.0 Å². The van der Waals surface area contributed by atoms with E-state index >= 15 is 0 Å². The van der Waals surface area contributed by atoms with Crippen LogP contribution in [0.5, 0.6) is 0 Å². The number of hydrogen-bond acceptors (Lipinski definition) is 4. The number of nitrogens with zero attached hydrogens (tertiary/aromatic N) is 4. The first-order valence-corrected chi connectivity index (χ1v) is 15.3. The average Bonchev–Trinajstić information content (AvgIpc) is 3.40. The summed E-state index contributed by atoms with van der Waals surface area (Å²) in [6.07, 6.45) is 0. The maximum Gasteiger partial charge on any atom is 0.163 e. The Bertz CT molecular complexity index is 2140. The molecule has 0 saturated heterocycles. The third-order valence-electron chi connectivity index (χ3n) is 9.21. The largest absolute Gasteiger partial charge is 0.310 e. The highest BCUT2D eigenvalue weighted by Crippen LogP contribution is 2.63. The van der Waals surface area contributed by atoms with Crippen molar-refractivity contribution in [2.45, 2.75) is 12.3 Å². The third kappa shape index (κ3) is 3.69. The molecule has 0 bridgehead atoms. The summed E-state index contributed by atoms with van der Waals surface area (Å²) in [5, 5.41) is 0. The number of para-hydroxylation sites is 2. The van der Waals surface area contributed by atoms with Crippen molar-refractivity contribution < 1.29 is 0 Å². The molecule has 212 valence electrons. The van der Waals surface area contributed by atoms with Gasteiger partial charge in [-0.3, -0.25) is 0 Å². The number of rotatable bonds is 3. The van der Waals surface area contributed by atoms with Crippen molar-refractivity contribution in [3.05, 3.63) is 180 Å². The summed E-state index contributed by atoms with van der Waals surface area (Å²) in [5.41, 5.74) is 12.8. The van der Waals surface area contributed by atoms with Crippen LogP contribution >= 0.6 is 0 Å². The molecule has 0 atom stereocenters. The van der Waals surface area contributed by atoms with Gasteiger partial charge in [-0.2, -0.15) is 0 Å². The first-order chi connectivity index (χ1) is 22.2. The zero-order valence-electron chi connectivity index (χ0n) is 24.7. The topological polar surface area (TPSA) is 41.9 Å². The van der Waals surface area contributed by atoms with Gasteiger partial charge in [0, 0.05) is 16.8 Å². The van der Waals surface area contributed by atoms with Gasteiger partial charge in [-0.1, -0.05) is 115 Å². The molecule has 6 aromatic carbocycles. The summed E-state index contributed by atoms with van der Waals surface area (Å²) in [6.45, 7) is 1.92. The summed E-state index contributed by atoms with van der Waals surface area (Å²) in [5.74, 6) is 2.05. The van der Waals surface area contributed by atoms with Gasteiger partial charge in [0.1, 0.15) is 5.82 Å². The van der Waals surface area contributed by atoms with Gasteiger partial charge in [-0.15, -0.1) is 0 Å². The van der Waals surface area contributed by atoms with Crippen LogP contribution in [0.1, 0.15) is 28.1 Å². The highest BCUT2D eigenvalue weighted by atomic mass is 15.2. The Morgan fingerprint density at radius 2 is 0.867 bits per heavy atom. The maximum absolute atomic E-state index is 4.84. The molecule has 0 fully saturated rings. The van der Waals surface area contributed by atoms with E-state index in [9.17, 15) is 0 Å². The summed E-state index contributed by atoms with van der Waals surface area (Å²) in [4.78, 5) is 16.5. The van der Waals surface area contributed by atoms with Crippen LogP contribution in [0.25, 0.3) is 33.9 Å². The maximum atomic E-state index is 4.84. The predicted octanol–water partition coefficient (Wildman–Crippen LogP) is 9.66. The Morgan fingerprint density at radius 1 is 0.422 bits per heavy atom. The Morgan fingerprint density at radius 3 is 1.42 bits per heavy atom. The number of benzene rings is 6. The van der Waals surface area contributed by atoms with Crippen LogP contribution in [0.15, 0.2) is 152 Å². The van der Waals surface area contributed by atoms with Gasteiger partial charge in [0.15, 0.2) is 11.6 Å². The standard InChI is InChI=1S/C41H28N4/c1-27-42-39(28-13-3-2-4-14-28)44-40(43-27)29-23-25-30(26-24-29)45-37-21-11-9-19-35(37)41(36-20-10-12-22-38(36)45)33-17-7-5-15-31(33)32-16-6-8-18-34(32)41/h2-26H,1H3. The SMILES string of the molecule is Cc1nc(-c2ccccc2)nc(-c2ccc(N3c4ccccc4C4(c5ccccc5-c5ccccc54)c4ccccc43)cc2)n1. The van der Waals surface area contributed by atoms with E-state index in [1.165, 1.54) is 44.8 Å². The smallest absolute Gasteiger partial charge is 0.163 e. The van der Waals surface area contributed by atoms with Gasteiger partial charge in [0.05, 0.1) is 16.8 Å². The van der Waals surface area contributed by atoms with Crippen molar-refractivity contribution in [2.24, 2.45) is 0 Å². The molecule has 7 aromatic rings. The molecule has 0 N–H and O–H groups in total. The molecule has 1 spiro atoms. The minimum Gasteiger partial charge on any atom is -0.310 e. The monoisotopic (exact) mass is 576 g/mol. The first-order valence-electron chi connectivity index (χ1n) is 15.3. The van der Waals surface area contributed by atoms with Crippen molar-refractivity contribution in [3.8, 4) is 33.9 Å². The molecule has 0 saturated carbocycles. The highest BCUT2D eigenvalue weighted by molar-refractivity contribution is 5.95. The molecule has 4 heteroatoms. The van der Waals surface area contributed by atoms with E-state index in [0.29, 0.717) is 17.5 Å². The number of hydrogen-bond donors (Lipinski definition) is 0. The Labute approximate surface area is 262 Å². The number of fused-ring (bicyclic) bond motifs is 9. The van der Waals surface area contributed by atoms with Crippen molar-refractivity contribution in [2.75, 3.05) is 4.90 Å². The fraction of sp³-hybridized carbons (Fsp3) is 0.0488. The highest BCUT2D eigenvalue weighted by Gasteiger charge is 2.51. The van der Waals surface area contributed by atoms with Crippen LogP contribution in [0, 0.1) is 6.92 Å². The molecule has 1 aromatic heterocycles. The van der Waals surface area contributed by atoms with Gasteiger partial charge >= 0.3 is 0 Å². The van der Waals surface area contributed by atoms with E-state index in [1.54, 1.807) is 0 Å². The predicted molar refractivity (Wildman–Crippen MR) is 181 cm³/mol. The molecule has 1 aliphatic carbocycles. The molecule has 4 nitrogen and oxygen atoms in total. The molecule has 0 unspecified atom stereocenters. The lowest BCUT2D eigenvalue weighted by atomic mass is 9.64. The summed E-state index contributed by atoms with van der Waals surface area (Å²) >= 11 is 0. The molecule has 1 aliphatic heterocycles. The number of aryl methyl sites for hydroxylation is 1. The quantitative estimate of drug-likeness (QED) is 0.210. The van der Waals surface area contributed by atoms with E-state index in [0.717, 1.165) is 16.8 Å². The normalized spacial score (nSPS) is 13.6. The summed E-state index contributed by atoms with van der Waals surface area (Å²) < 4.78 is 0. The second-order valence-corrected chi connectivity index (χ2v) is 11.7. The molecule has 2 aliphatic rings. The fourth-order valence-corrected chi connectivity index (χ4v) is 7.43. The minimum absolute atomic E-state index is 0.410. The second kappa shape index (κ2) is 9.83. The molecule has 45 heavy (non-hydrogen) atoms. The van der Waals surface area contributed by atoms with Gasteiger partial charge in [0.25, 0.3) is 0 Å². The Kier molecular flexibility index (Phi) is 5.59. The van der Waals surface area contributed by atoms with E-state index in [2.05, 4.69) is 131 Å². The van der Waals surface area contributed by atoms with Crippen LogP contribution in [0.4, 0.5) is 17.1 Å². The van der Waals surface area contributed by atoms with Gasteiger partial charge in [0.2, 0.25) is 0 Å². The van der Waals surface area contributed by atoms with E-state index in [-0.39, 0.29) is 0 Å². The average molecular weight is 577 g/mol. The molecule has 0 amide bonds. The fourth-order valence-electron chi connectivity index (χ4n) is 7.43. The second-order valence-electron chi connectivity index (χ2n) is 11.7. The lowest BCUT2D eigenvalue weighted by Gasteiger charge is -2.45. The van der Waals surface area contributed by atoms with Crippen molar-refractivity contribution in [3.63, 3.8) is 0 Å². The van der Waals surface area contributed by atoms with Gasteiger partial charge < -0.3 is 4.90 Å². The Balaban J connectivity index is 1.22. The van der Waals surface area contributed by atoms with Crippen LogP contribution in [-0.2, 0) is 5.41 Å². The lowest BCUT2D eigenvalue weighted by molar-refractivity contribution is 0.752. The first kappa shape index (κ1) is 25.6. The molecule has 0 radical (unpaired) electrons. The van der Waals surface area contributed by atoms with Crippen LogP contribution in [0.2, 0.25) is 0 Å². The molecular formula is C41H28N4. The minimum atomic E-state index is -0.410.